The molecule has 1 fully saturated rings. The second-order valence-electron chi connectivity index (χ2n) is 5.31. The number of ether oxygens (including phenoxy) is 1. The van der Waals surface area contributed by atoms with E-state index in [4.69, 9.17) is 9.84 Å². The minimum atomic E-state index is -4.47. The zero-order valence-corrected chi connectivity index (χ0v) is 12.1. The van der Waals surface area contributed by atoms with Crippen molar-refractivity contribution in [2.45, 2.75) is 32.0 Å². The van der Waals surface area contributed by atoms with Crippen LogP contribution in [0.5, 0.6) is 0 Å². The Morgan fingerprint density at radius 2 is 2.09 bits per heavy atom. The number of hydrogen-bond acceptors (Lipinski definition) is 5. The lowest BCUT2D eigenvalue weighted by Crippen LogP contribution is -2.45. The molecule has 1 atom stereocenters. The van der Waals surface area contributed by atoms with Crippen LogP contribution in [0.2, 0.25) is 0 Å². The van der Waals surface area contributed by atoms with Gasteiger partial charge < -0.3 is 14.7 Å². The van der Waals surface area contributed by atoms with E-state index >= 15 is 0 Å². The predicted molar refractivity (Wildman–Crippen MR) is 71.0 cm³/mol. The van der Waals surface area contributed by atoms with Crippen molar-refractivity contribution in [1.82, 2.24) is 9.97 Å². The maximum absolute atomic E-state index is 13.0. The SMILES string of the molecule is Cc1cc(C(=O)O)nc(N2CCOC(C)(C(F)(F)F)CC2)n1. The minimum absolute atomic E-state index is 0.0263. The molecule has 0 bridgehead atoms. The number of anilines is 1. The molecule has 0 aliphatic carbocycles. The van der Waals surface area contributed by atoms with Crippen LogP contribution in [-0.2, 0) is 4.74 Å². The zero-order valence-electron chi connectivity index (χ0n) is 12.1. The summed E-state index contributed by atoms with van der Waals surface area (Å²) in [7, 11) is 0. The Bertz CT molecular complexity index is 579. The summed E-state index contributed by atoms with van der Waals surface area (Å²) in [5, 5.41) is 9.00. The topological polar surface area (TPSA) is 75.5 Å². The van der Waals surface area contributed by atoms with E-state index in [1.54, 1.807) is 6.92 Å². The molecule has 0 amide bonds. The third-order valence-corrected chi connectivity index (χ3v) is 3.58. The summed E-state index contributed by atoms with van der Waals surface area (Å²) in [6.07, 6.45) is -4.75. The molecule has 0 saturated carbocycles. The van der Waals surface area contributed by atoms with Gasteiger partial charge in [-0.05, 0) is 19.9 Å². The van der Waals surface area contributed by atoms with Gasteiger partial charge in [-0.2, -0.15) is 13.2 Å². The van der Waals surface area contributed by atoms with E-state index in [0.717, 1.165) is 6.92 Å². The molecule has 1 saturated heterocycles. The molecular weight excluding hydrogens is 303 g/mol. The van der Waals surface area contributed by atoms with Gasteiger partial charge in [0.2, 0.25) is 5.95 Å². The average molecular weight is 319 g/mol. The van der Waals surface area contributed by atoms with Crippen LogP contribution in [0.3, 0.4) is 0 Å². The van der Waals surface area contributed by atoms with Crippen LogP contribution < -0.4 is 4.90 Å². The van der Waals surface area contributed by atoms with Crippen LogP contribution in [-0.4, -0.2) is 52.5 Å². The fourth-order valence-electron chi connectivity index (χ4n) is 2.14. The maximum atomic E-state index is 13.0. The summed E-state index contributed by atoms with van der Waals surface area (Å²) in [4.78, 5) is 20.5. The molecule has 2 rings (SSSR count). The molecule has 1 aromatic rings. The highest BCUT2D eigenvalue weighted by Gasteiger charge is 2.53. The van der Waals surface area contributed by atoms with E-state index < -0.39 is 17.7 Å². The van der Waals surface area contributed by atoms with Crippen molar-refractivity contribution in [3.05, 3.63) is 17.5 Å². The molecule has 1 unspecified atom stereocenters. The molecular formula is C13H16F3N3O3. The lowest BCUT2D eigenvalue weighted by molar-refractivity contribution is -0.269. The Labute approximate surface area is 124 Å². The highest BCUT2D eigenvalue weighted by atomic mass is 19.4. The van der Waals surface area contributed by atoms with Crippen molar-refractivity contribution in [1.29, 1.82) is 0 Å². The summed E-state index contributed by atoms with van der Waals surface area (Å²) in [6.45, 7) is 2.66. The number of aryl methyl sites for hydroxylation is 1. The minimum Gasteiger partial charge on any atom is -0.477 e. The first-order valence-electron chi connectivity index (χ1n) is 6.67. The van der Waals surface area contributed by atoms with Gasteiger partial charge in [-0.1, -0.05) is 0 Å². The van der Waals surface area contributed by atoms with E-state index in [1.807, 2.05) is 0 Å². The van der Waals surface area contributed by atoms with Crippen LogP contribution in [0, 0.1) is 6.92 Å². The number of carboxylic acid groups (broad SMARTS) is 1. The number of nitrogens with zero attached hydrogens (tertiary/aromatic N) is 3. The highest BCUT2D eigenvalue weighted by Crippen LogP contribution is 2.37. The van der Waals surface area contributed by atoms with E-state index in [0.29, 0.717) is 5.69 Å². The smallest absolute Gasteiger partial charge is 0.417 e. The van der Waals surface area contributed by atoms with Gasteiger partial charge in [0.25, 0.3) is 0 Å². The Morgan fingerprint density at radius 1 is 1.41 bits per heavy atom. The van der Waals surface area contributed by atoms with E-state index in [2.05, 4.69) is 9.97 Å². The largest absolute Gasteiger partial charge is 0.477 e. The molecule has 0 aromatic carbocycles. The Hall–Kier alpha value is -1.90. The molecule has 0 spiro atoms. The molecule has 122 valence electrons. The second-order valence-corrected chi connectivity index (χ2v) is 5.31. The number of aromatic carboxylic acids is 1. The fraction of sp³-hybridized carbons (Fsp3) is 0.615. The maximum Gasteiger partial charge on any atom is 0.417 e. The molecule has 6 nitrogen and oxygen atoms in total. The third-order valence-electron chi connectivity index (χ3n) is 3.58. The van der Waals surface area contributed by atoms with Gasteiger partial charge in [0.05, 0.1) is 6.61 Å². The molecule has 9 heteroatoms. The van der Waals surface area contributed by atoms with Crippen LogP contribution in [0.4, 0.5) is 19.1 Å². The monoisotopic (exact) mass is 319 g/mol. The summed E-state index contributed by atoms with van der Waals surface area (Å²) >= 11 is 0. The van der Waals surface area contributed by atoms with Gasteiger partial charge in [0, 0.05) is 25.2 Å². The first-order chi connectivity index (χ1) is 10.1. The predicted octanol–water partition coefficient (Wildman–Crippen LogP) is 2.03. The van der Waals surface area contributed by atoms with Crippen molar-refractivity contribution >= 4 is 11.9 Å². The number of carboxylic acids is 1. The third kappa shape index (κ3) is 3.29. The van der Waals surface area contributed by atoms with Crippen molar-refractivity contribution in [2.75, 3.05) is 24.6 Å². The van der Waals surface area contributed by atoms with E-state index in [9.17, 15) is 18.0 Å². The van der Waals surface area contributed by atoms with Crippen LogP contribution in [0.15, 0.2) is 6.07 Å². The molecule has 1 aliphatic heterocycles. The zero-order chi connectivity index (χ0) is 16.5. The van der Waals surface area contributed by atoms with Gasteiger partial charge in [-0.25, -0.2) is 14.8 Å². The molecule has 22 heavy (non-hydrogen) atoms. The van der Waals surface area contributed by atoms with Crippen LogP contribution in [0.25, 0.3) is 0 Å². The molecule has 1 N–H and O–H groups in total. The first kappa shape index (κ1) is 16.5. The summed E-state index contributed by atoms with van der Waals surface area (Å²) < 4.78 is 44.0. The van der Waals surface area contributed by atoms with Crippen molar-refractivity contribution in [3.63, 3.8) is 0 Å². The Kier molecular flexibility index (Phi) is 4.28. The highest BCUT2D eigenvalue weighted by molar-refractivity contribution is 5.85. The number of aromatic nitrogens is 2. The summed E-state index contributed by atoms with van der Waals surface area (Å²) in [6, 6.07) is 1.31. The lowest BCUT2D eigenvalue weighted by atomic mass is 10.0. The number of rotatable bonds is 2. The summed E-state index contributed by atoms with van der Waals surface area (Å²) in [5.41, 5.74) is -1.97. The standard InChI is InChI=1S/C13H16F3N3O3/c1-8-7-9(10(20)21)18-11(17-8)19-4-3-12(2,13(14,15)16)22-6-5-19/h7H,3-6H2,1-2H3,(H,20,21). The fourth-order valence-corrected chi connectivity index (χ4v) is 2.14. The van der Waals surface area contributed by atoms with Gasteiger partial charge >= 0.3 is 12.1 Å². The molecule has 1 aromatic heterocycles. The van der Waals surface area contributed by atoms with Crippen molar-refractivity contribution in [3.8, 4) is 0 Å². The average Bonchev–Trinajstić information content (AvgIpc) is 2.60. The number of hydrogen-bond donors (Lipinski definition) is 1. The number of halogens is 3. The summed E-state index contributed by atoms with van der Waals surface area (Å²) in [5.74, 6) is -1.11. The number of alkyl halides is 3. The molecule has 2 heterocycles. The van der Waals surface area contributed by atoms with Crippen LogP contribution in [0.1, 0.15) is 29.5 Å². The quantitative estimate of drug-likeness (QED) is 0.899. The van der Waals surface area contributed by atoms with Gasteiger partial charge in [-0.3, -0.25) is 0 Å². The first-order valence-corrected chi connectivity index (χ1v) is 6.67. The van der Waals surface area contributed by atoms with E-state index in [1.165, 1.54) is 11.0 Å². The Balaban J connectivity index is 2.23. The van der Waals surface area contributed by atoms with E-state index in [-0.39, 0.29) is 37.8 Å². The lowest BCUT2D eigenvalue weighted by Gasteiger charge is -2.30. The number of carbonyl (C=O) groups is 1. The van der Waals surface area contributed by atoms with Crippen molar-refractivity contribution < 1.29 is 27.8 Å². The van der Waals surface area contributed by atoms with Gasteiger partial charge in [0.15, 0.2) is 11.3 Å². The van der Waals surface area contributed by atoms with Gasteiger partial charge in [0.1, 0.15) is 0 Å². The normalized spacial score (nSPS) is 23.2. The molecule has 0 radical (unpaired) electrons. The Morgan fingerprint density at radius 3 is 2.68 bits per heavy atom. The molecule has 1 aliphatic rings. The van der Waals surface area contributed by atoms with Crippen molar-refractivity contribution in [2.24, 2.45) is 0 Å². The van der Waals surface area contributed by atoms with Gasteiger partial charge in [-0.15, -0.1) is 0 Å². The van der Waals surface area contributed by atoms with Crippen LogP contribution >= 0.6 is 0 Å². The second kappa shape index (κ2) is 5.71.